The lowest BCUT2D eigenvalue weighted by Crippen LogP contribution is -2.41. The summed E-state index contributed by atoms with van der Waals surface area (Å²) in [5.74, 6) is 1.33. The lowest BCUT2D eigenvalue weighted by atomic mass is 9.86. The molecule has 1 aliphatic carbocycles. The lowest BCUT2D eigenvalue weighted by molar-refractivity contribution is -0.120. The number of rotatable bonds is 8. The highest BCUT2D eigenvalue weighted by Gasteiger charge is 2.23. The largest absolute Gasteiger partial charge is 0.352 e. The zero-order valence-corrected chi connectivity index (χ0v) is 18.8. The molecule has 3 rings (SSSR count). The Labute approximate surface area is 182 Å². The predicted molar refractivity (Wildman–Crippen MR) is 119 cm³/mol. The van der Waals surface area contributed by atoms with Gasteiger partial charge < -0.3 is 15.2 Å². The Hall–Kier alpha value is -2.35. The fourth-order valence-corrected chi connectivity index (χ4v) is 4.60. The Morgan fingerprint density at radius 2 is 1.87 bits per heavy atom. The molecule has 0 bridgehead atoms. The molecule has 0 unspecified atom stereocenters. The molecule has 1 heterocycles. The minimum atomic E-state index is -0.137. The number of aryl methyl sites for hydroxylation is 1. The van der Waals surface area contributed by atoms with Gasteiger partial charge in [0.1, 0.15) is 5.82 Å². The van der Waals surface area contributed by atoms with Crippen molar-refractivity contribution in [2.75, 3.05) is 11.1 Å². The zero-order chi connectivity index (χ0) is 21.5. The van der Waals surface area contributed by atoms with Crippen molar-refractivity contribution in [1.29, 1.82) is 0 Å². The van der Waals surface area contributed by atoms with Gasteiger partial charge in [-0.15, -0.1) is 10.2 Å². The van der Waals surface area contributed by atoms with E-state index in [0.29, 0.717) is 29.2 Å². The molecule has 8 heteroatoms. The first kappa shape index (κ1) is 22.3. The Kier molecular flexibility index (Phi) is 7.90. The molecule has 2 amide bonds. The number of benzene rings is 1. The van der Waals surface area contributed by atoms with Gasteiger partial charge in [-0.25, -0.2) is 0 Å². The minimum absolute atomic E-state index is 0.0306. The van der Waals surface area contributed by atoms with Crippen LogP contribution in [0.5, 0.6) is 0 Å². The Morgan fingerprint density at radius 3 is 2.57 bits per heavy atom. The van der Waals surface area contributed by atoms with E-state index in [4.69, 9.17) is 0 Å². The number of amides is 2. The molecule has 0 saturated heterocycles. The van der Waals surface area contributed by atoms with E-state index in [-0.39, 0.29) is 24.3 Å². The summed E-state index contributed by atoms with van der Waals surface area (Å²) in [4.78, 5) is 24.8. The molecule has 0 aliphatic heterocycles. The fourth-order valence-electron chi connectivity index (χ4n) is 3.77. The van der Waals surface area contributed by atoms with Gasteiger partial charge in [0.15, 0.2) is 5.16 Å². The third-order valence-corrected chi connectivity index (χ3v) is 6.52. The molecule has 1 aromatic heterocycles. The Bertz CT molecular complexity index is 865. The van der Waals surface area contributed by atoms with E-state index in [2.05, 4.69) is 27.8 Å². The third-order valence-electron chi connectivity index (χ3n) is 5.55. The molecule has 0 spiro atoms. The number of hydrogen-bond donors (Lipinski definition) is 2. The van der Waals surface area contributed by atoms with Crippen LogP contribution in [0, 0.1) is 12.8 Å². The second kappa shape index (κ2) is 10.6. The summed E-state index contributed by atoms with van der Waals surface area (Å²) in [5, 5.41) is 15.1. The number of nitrogens with zero attached hydrogens (tertiary/aromatic N) is 3. The van der Waals surface area contributed by atoms with E-state index in [9.17, 15) is 9.59 Å². The van der Waals surface area contributed by atoms with Gasteiger partial charge in [0.25, 0.3) is 0 Å². The highest BCUT2D eigenvalue weighted by molar-refractivity contribution is 7.99. The zero-order valence-electron chi connectivity index (χ0n) is 18.0. The molecule has 0 radical (unpaired) electrons. The van der Waals surface area contributed by atoms with Crippen LogP contribution in [0.3, 0.4) is 0 Å². The van der Waals surface area contributed by atoms with Crippen molar-refractivity contribution in [2.24, 2.45) is 5.92 Å². The first-order valence-corrected chi connectivity index (χ1v) is 11.7. The number of aromatic nitrogens is 3. The van der Waals surface area contributed by atoms with Crippen LogP contribution in [0.25, 0.3) is 0 Å². The van der Waals surface area contributed by atoms with Crippen molar-refractivity contribution in [3.8, 4) is 0 Å². The van der Waals surface area contributed by atoms with E-state index >= 15 is 0 Å². The number of nitrogens with one attached hydrogen (secondary N) is 2. The van der Waals surface area contributed by atoms with Crippen LogP contribution in [0.1, 0.15) is 50.9 Å². The van der Waals surface area contributed by atoms with Crippen molar-refractivity contribution in [3.05, 3.63) is 35.7 Å². The molecule has 2 aromatic rings. The highest BCUT2D eigenvalue weighted by Crippen LogP contribution is 2.24. The van der Waals surface area contributed by atoms with Crippen LogP contribution in [0.2, 0.25) is 0 Å². The second-order valence-corrected chi connectivity index (χ2v) is 8.90. The van der Waals surface area contributed by atoms with Crippen molar-refractivity contribution < 1.29 is 9.59 Å². The minimum Gasteiger partial charge on any atom is -0.352 e. The average Bonchev–Trinajstić information content (AvgIpc) is 3.11. The topological polar surface area (TPSA) is 88.9 Å². The molecular weight excluding hydrogens is 398 g/mol. The van der Waals surface area contributed by atoms with Gasteiger partial charge in [-0.1, -0.05) is 49.2 Å². The van der Waals surface area contributed by atoms with Crippen molar-refractivity contribution >= 4 is 29.3 Å². The maximum atomic E-state index is 12.4. The maximum Gasteiger partial charge on any atom is 0.232 e. The summed E-state index contributed by atoms with van der Waals surface area (Å²) in [5.41, 5.74) is 1.90. The molecule has 162 valence electrons. The van der Waals surface area contributed by atoms with Crippen molar-refractivity contribution in [1.82, 2.24) is 20.1 Å². The molecular formula is C22H31N5O2S. The van der Waals surface area contributed by atoms with Crippen LogP contribution < -0.4 is 10.6 Å². The first-order valence-electron chi connectivity index (χ1n) is 10.7. The van der Waals surface area contributed by atoms with E-state index < -0.39 is 0 Å². The SMILES string of the molecule is CCn1c(CC(=O)Nc2ccc(C)cc2)nnc1SCC(=O)N[C@@H]1CCCC[C@@H]1C. The van der Waals surface area contributed by atoms with E-state index in [1.165, 1.54) is 31.0 Å². The Morgan fingerprint density at radius 1 is 1.13 bits per heavy atom. The highest BCUT2D eigenvalue weighted by atomic mass is 32.2. The smallest absolute Gasteiger partial charge is 0.232 e. The fraction of sp³-hybridized carbons (Fsp3) is 0.545. The number of carbonyl (C=O) groups is 2. The summed E-state index contributed by atoms with van der Waals surface area (Å²) in [6.07, 6.45) is 4.81. The molecule has 30 heavy (non-hydrogen) atoms. The Balaban J connectivity index is 1.53. The number of carbonyl (C=O) groups excluding carboxylic acids is 2. The molecule has 2 N–H and O–H groups in total. The maximum absolute atomic E-state index is 12.4. The molecule has 2 atom stereocenters. The average molecular weight is 430 g/mol. The van der Waals surface area contributed by atoms with Crippen LogP contribution in [-0.4, -0.2) is 38.4 Å². The van der Waals surface area contributed by atoms with Gasteiger partial charge in [-0.3, -0.25) is 9.59 Å². The van der Waals surface area contributed by atoms with Crippen LogP contribution in [0.4, 0.5) is 5.69 Å². The lowest BCUT2D eigenvalue weighted by Gasteiger charge is -2.29. The first-order chi connectivity index (χ1) is 14.5. The van der Waals surface area contributed by atoms with E-state index in [1.54, 1.807) is 0 Å². The van der Waals surface area contributed by atoms with Gasteiger partial charge >= 0.3 is 0 Å². The molecule has 1 saturated carbocycles. The predicted octanol–water partition coefficient (Wildman–Crippen LogP) is 3.57. The molecule has 1 fully saturated rings. The second-order valence-electron chi connectivity index (χ2n) is 7.96. The van der Waals surface area contributed by atoms with E-state index in [1.807, 2.05) is 42.7 Å². The standard InChI is InChI=1S/C22H31N5O2S/c1-4-27-19(13-20(28)23-17-11-9-15(2)10-12-17)25-26-22(27)30-14-21(29)24-18-8-6-5-7-16(18)3/h9-12,16,18H,4-8,13-14H2,1-3H3,(H,23,28)(H,24,29)/t16-,18+/m0/s1. The van der Waals surface area contributed by atoms with Crippen LogP contribution in [-0.2, 0) is 22.6 Å². The van der Waals surface area contributed by atoms with Crippen LogP contribution >= 0.6 is 11.8 Å². The third kappa shape index (κ3) is 6.08. The van der Waals surface area contributed by atoms with Gasteiger partial charge in [0, 0.05) is 18.3 Å². The molecule has 7 nitrogen and oxygen atoms in total. The van der Waals surface area contributed by atoms with Gasteiger partial charge in [0.2, 0.25) is 11.8 Å². The normalized spacial score (nSPS) is 18.8. The van der Waals surface area contributed by atoms with Gasteiger partial charge in [-0.05, 0) is 44.7 Å². The number of thioether (sulfide) groups is 1. The van der Waals surface area contributed by atoms with Crippen molar-refractivity contribution in [3.63, 3.8) is 0 Å². The summed E-state index contributed by atoms with van der Waals surface area (Å²) in [6, 6.07) is 7.95. The molecule has 1 aromatic carbocycles. The summed E-state index contributed by atoms with van der Waals surface area (Å²) < 4.78 is 1.90. The van der Waals surface area contributed by atoms with Crippen molar-refractivity contribution in [2.45, 2.75) is 70.6 Å². The number of anilines is 1. The van der Waals surface area contributed by atoms with Gasteiger partial charge in [-0.2, -0.15) is 0 Å². The summed E-state index contributed by atoms with van der Waals surface area (Å²) in [7, 11) is 0. The summed E-state index contributed by atoms with van der Waals surface area (Å²) >= 11 is 1.37. The van der Waals surface area contributed by atoms with E-state index in [0.717, 1.165) is 17.7 Å². The number of hydrogen-bond acceptors (Lipinski definition) is 5. The quantitative estimate of drug-likeness (QED) is 0.626. The monoisotopic (exact) mass is 429 g/mol. The summed E-state index contributed by atoms with van der Waals surface area (Å²) in [6.45, 7) is 6.84. The van der Waals surface area contributed by atoms with Gasteiger partial charge in [0.05, 0.1) is 12.2 Å². The van der Waals surface area contributed by atoms with Crippen LogP contribution in [0.15, 0.2) is 29.4 Å². The molecule has 1 aliphatic rings.